The van der Waals surface area contributed by atoms with Crippen molar-refractivity contribution in [1.82, 2.24) is 4.57 Å². The van der Waals surface area contributed by atoms with Gasteiger partial charge in [-0.3, -0.25) is 0 Å². The number of nitrogens with two attached hydrogens (primary N) is 1. The molecule has 0 saturated heterocycles. The largest absolute Gasteiger partial charge is 0.497 e. The predicted octanol–water partition coefficient (Wildman–Crippen LogP) is 5.91. The molecule has 0 aliphatic carbocycles. The van der Waals surface area contributed by atoms with Gasteiger partial charge in [0, 0.05) is 28.5 Å². The number of nitrogens with zero attached hydrogens (tertiary/aromatic N) is 1. The molecule has 1 heterocycles. The Bertz CT molecular complexity index is 1140. The van der Waals surface area contributed by atoms with Crippen LogP contribution in [-0.4, -0.2) is 11.7 Å². The maximum Gasteiger partial charge on any atom is 0.418 e. The number of para-hydroxylation sites is 1. The number of fused-ring (bicyclic) bond motifs is 1. The highest BCUT2D eigenvalue weighted by Gasteiger charge is 2.36. The number of alkyl halides is 3. The first kappa shape index (κ1) is 18.0. The molecule has 0 spiro atoms. The Balaban J connectivity index is 1.99. The first-order chi connectivity index (χ1) is 13.4. The maximum absolute atomic E-state index is 13.7. The van der Waals surface area contributed by atoms with Crippen molar-refractivity contribution >= 4 is 16.6 Å². The van der Waals surface area contributed by atoms with Crippen molar-refractivity contribution in [3.05, 3.63) is 78.5 Å². The third-order valence-electron chi connectivity index (χ3n) is 4.73. The highest BCUT2D eigenvalue weighted by atomic mass is 19.4. The Hall–Kier alpha value is -3.41. The summed E-state index contributed by atoms with van der Waals surface area (Å²) in [5, 5.41) is 0.717. The van der Waals surface area contributed by atoms with Gasteiger partial charge < -0.3 is 15.0 Å². The van der Waals surface area contributed by atoms with Gasteiger partial charge in [0.15, 0.2) is 0 Å². The highest BCUT2D eigenvalue weighted by molar-refractivity contribution is 5.98. The molecule has 0 amide bonds. The Morgan fingerprint density at radius 2 is 1.57 bits per heavy atom. The quantitative estimate of drug-likeness (QED) is 0.448. The van der Waals surface area contributed by atoms with E-state index in [2.05, 4.69) is 0 Å². The molecular formula is C22H17F3N2O. The van der Waals surface area contributed by atoms with Crippen molar-refractivity contribution in [3.8, 4) is 22.6 Å². The average molecular weight is 382 g/mol. The van der Waals surface area contributed by atoms with E-state index in [1.807, 2.05) is 53.1 Å². The van der Waals surface area contributed by atoms with Crippen LogP contribution in [0, 0.1) is 0 Å². The Kier molecular flexibility index (Phi) is 4.26. The molecule has 0 saturated carbocycles. The van der Waals surface area contributed by atoms with Crippen molar-refractivity contribution in [1.29, 1.82) is 0 Å². The fourth-order valence-electron chi connectivity index (χ4n) is 3.46. The van der Waals surface area contributed by atoms with Gasteiger partial charge in [-0.1, -0.05) is 30.3 Å². The zero-order valence-electron chi connectivity index (χ0n) is 15.0. The lowest BCUT2D eigenvalue weighted by Gasteiger charge is -2.14. The van der Waals surface area contributed by atoms with E-state index in [-0.39, 0.29) is 11.3 Å². The van der Waals surface area contributed by atoms with E-state index in [0.29, 0.717) is 11.3 Å². The highest BCUT2D eigenvalue weighted by Crippen LogP contribution is 2.43. The number of rotatable bonds is 3. The summed E-state index contributed by atoms with van der Waals surface area (Å²) in [6, 6.07) is 19.0. The lowest BCUT2D eigenvalue weighted by Crippen LogP contribution is -2.10. The summed E-state index contributed by atoms with van der Waals surface area (Å²) in [7, 11) is 1.58. The van der Waals surface area contributed by atoms with Crippen LogP contribution in [0.2, 0.25) is 0 Å². The van der Waals surface area contributed by atoms with E-state index in [0.717, 1.165) is 16.6 Å². The van der Waals surface area contributed by atoms with Gasteiger partial charge >= 0.3 is 6.18 Å². The zero-order valence-corrected chi connectivity index (χ0v) is 15.0. The summed E-state index contributed by atoms with van der Waals surface area (Å²) < 4.78 is 48.2. The van der Waals surface area contributed by atoms with Gasteiger partial charge in [-0.05, 0) is 42.0 Å². The average Bonchev–Trinajstić information content (AvgIpc) is 3.06. The summed E-state index contributed by atoms with van der Waals surface area (Å²) in [4.78, 5) is 0. The fourth-order valence-corrected chi connectivity index (χ4v) is 3.46. The number of benzene rings is 3. The van der Waals surface area contributed by atoms with Gasteiger partial charge in [0.1, 0.15) is 5.75 Å². The van der Waals surface area contributed by atoms with Crippen LogP contribution >= 0.6 is 0 Å². The van der Waals surface area contributed by atoms with E-state index < -0.39 is 11.7 Å². The van der Waals surface area contributed by atoms with E-state index in [1.54, 1.807) is 19.4 Å². The number of anilines is 1. The minimum absolute atomic E-state index is 0.0657. The lowest BCUT2D eigenvalue weighted by molar-refractivity contribution is -0.136. The third kappa shape index (κ3) is 2.97. The predicted molar refractivity (Wildman–Crippen MR) is 105 cm³/mol. The molecule has 4 rings (SSSR count). The molecular weight excluding hydrogens is 365 g/mol. The second-order valence-electron chi connectivity index (χ2n) is 6.40. The maximum atomic E-state index is 13.7. The number of halogens is 3. The Morgan fingerprint density at radius 3 is 2.25 bits per heavy atom. The van der Waals surface area contributed by atoms with Crippen molar-refractivity contribution in [3.63, 3.8) is 0 Å². The van der Waals surface area contributed by atoms with Crippen LogP contribution in [0.15, 0.2) is 72.9 Å². The van der Waals surface area contributed by atoms with Crippen LogP contribution in [0.3, 0.4) is 0 Å². The molecule has 28 heavy (non-hydrogen) atoms. The Labute approximate surface area is 159 Å². The zero-order chi connectivity index (χ0) is 19.9. The monoisotopic (exact) mass is 382 g/mol. The van der Waals surface area contributed by atoms with E-state index in [9.17, 15) is 13.2 Å². The minimum Gasteiger partial charge on any atom is -0.497 e. The molecule has 0 fully saturated rings. The molecule has 3 aromatic carbocycles. The first-order valence-corrected chi connectivity index (χ1v) is 8.60. The molecule has 1 aromatic heterocycles. The minimum atomic E-state index is -4.55. The Morgan fingerprint density at radius 1 is 0.857 bits per heavy atom. The van der Waals surface area contributed by atoms with Crippen molar-refractivity contribution < 1.29 is 17.9 Å². The molecule has 0 radical (unpaired) electrons. The number of ether oxygens (including phenoxy) is 1. The van der Waals surface area contributed by atoms with Crippen LogP contribution in [0.1, 0.15) is 5.56 Å². The molecule has 4 aromatic rings. The van der Waals surface area contributed by atoms with Crippen molar-refractivity contribution in [2.24, 2.45) is 0 Å². The van der Waals surface area contributed by atoms with Gasteiger partial charge in [0.2, 0.25) is 0 Å². The topological polar surface area (TPSA) is 40.2 Å². The number of hydrogen-bond donors (Lipinski definition) is 1. The number of hydrogen-bond acceptors (Lipinski definition) is 2. The molecule has 0 aliphatic heterocycles. The summed E-state index contributed by atoms with van der Waals surface area (Å²) >= 11 is 0. The molecule has 3 nitrogen and oxygen atoms in total. The molecule has 0 aliphatic rings. The summed E-state index contributed by atoms with van der Waals surface area (Å²) in [6.07, 6.45) is -2.83. The van der Waals surface area contributed by atoms with Crippen LogP contribution in [0.4, 0.5) is 18.9 Å². The van der Waals surface area contributed by atoms with Gasteiger partial charge in [0.05, 0.1) is 18.2 Å². The molecule has 6 heteroatoms. The van der Waals surface area contributed by atoms with Gasteiger partial charge in [-0.2, -0.15) is 13.2 Å². The second kappa shape index (κ2) is 6.64. The fraction of sp³-hybridized carbons (Fsp3) is 0.0909. The second-order valence-corrected chi connectivity index (χ2v) is 6.40. The molecule has 0 bridgehead atoms. The SMILES string of the molecule is COc1ccc(-n2cc(-c3cccc(N)c3C(F)(F)F)c3ccccc32)cc1. The van der Waals surface area contributed by atoms with Crippen LogP contribution in [-0.2, 0) is 6.18 Å². The summed E-state index contributed by atoms with van der Waals surface area (Å²) in [5.74, 6) is 0.704. The van der Waals surface area contributed by atoms with E-state index in [4.69, 9.17) is 10.5 Å². The van der Waals surface area contributed by atoms with Crippen molar-refractivity contribution in [2.75, 3.05) is 12.8 Å². The van der Waals surface area contributed by atoms with Gasteiger partial charge in [-0.15, -0.1) is 0 Å². The van der Waals surface area contributed by atoms with Crippen molar-refractivity contribution in [2.45, 2.75) is 6.18 Å². The van der Waals surface area contributed by atoms with Crippen LogP contribution in [0.5, 0.6) is 5.75 Å². The normalized spacial score (nSPS) is 11.7. The summed E-state index contributed by atoms with van der Waals surface area (Å²) in [5.41, 5.74) is 6.77. The number of nitrogen functional groups attached to an aromatic ring is 1. The molecule has 2 N–H and O–H groups in total. The number of aromatic nitrogens is 1. The lowest BCUT2D eigenvalue weighted by atomic mass is 9.97. The van der Waals surface area contributed by atoms with Crippen LogP contribution in [0.25, 0.3) is 27.7 Å². The van der Waals surface area contributed by atoms with Gasteiger partial charge in [0.25, 0.3) is 0 Å². The smallest absolute Gasteiger partial charge is 0.418 e. The van der Waals surface area contributed by atoms with Gasteiger partial charge in [-0.25, -0.2) is 0 Å². The molecule has 0 atom stereocenters. The number of methoxy groups -OCH3 is 1. The third-order valence-corrected chi connectivity index (χ3v) is 4.73. The van der Waals surface area contributed by atoms with E-state index in [1.165, 1.54) is 12.1 Å². The first-order valence-electron chi connectivity index (χ1n) is 8.60. The standard InChI is InChI=1S/C22H17F3N2O/c1-28-15-11-9-14(10-12-15)27-13-18(16-5-2-3-8-20(16)27)17-6-4-7-19(26)21(17)22(23,24)25/h2-13H,26H2,1H3. The summed E-state index contributed by atoms with van der Waals surface area (Å²) in [6.45, 7) is 0. The van der Waals surface area contributed by atoms with Crippen LogP contribution < -0.4 is 10.5 Å². The molecule has 0 unspecified atom stereocenters. The molecule has 142 valence electrons. The van der Waals surface area contributed by atoms with E-state index >= 15 is 0 Å².